The van der Waals surface area contributed by atoms with Crippen molar-refractivity contribution in [1.29, 1.82) is 0 Å². The van der Waals surface area contributed by atoms with E-state index in [1.165, 1.54) is 0 Å². The summed E-state index contributed by atoms with van der Waals surface area (Å²) in [5.74, 6) is 0. The number of halogens is 6. The van der Waals surface area contributed by atoms with E-state index < -0.39 is 34.1 Å². The fraction of sp³-hybridized carbons (Fsp3) is 0.300. The van der Waals surface area contributed by atoms with Crippen LogP contribution in [-0.2, 0) is 17.1 Å². The maximum Gasteiger partial charge on any atom is 0.416 e. The van der Waals surface area contributed by atoms with Crippen molar-refractivity contribution in [3.8, 4) is 0 Å². The lowest BCUT2D eigenvalue weighted by Gasteiger charge is -2.14. The SMILES string of the molecule is COC(=S)c1cc(C(F)(F)F)cc(C(F)(F)F)c1. The summed E-state index contributed by atoms with van der Waals surface area (Å²) < 4.78 is 79.2. The number of ether oxygens (including phenoxy) is 1. The molecule has 1 rings (SSSR count). The van der Waals surface area contributed by atoms with E-state index in [1.807, 2.05) is 0 Å². The monoisotopic (exact) mass is 288 g/mol. The molecule has 0 heterocycles. The molecule has 0 saturated carbocycles. The van der Waals surface area contributed by atoms with E-state index in [1.54, 1.807) is 0 Å². The minimum Gasteiger partial charge on any atom is -0.486 e. The standard InChI is InChI=1S/C10H6F6OS/c1-17-8(18)5-2-6(9(11,12)13)4-7(3-5)10(14,15)16/h2-4H,1H3. The number of hydrogen-bond acceptors (Lipinski definition) is 2. The summed E-state index contributed by atoms with van der Waals surface area (Å²) in [4.78, 5) is 0. The zero-order valence-corrected chi connectivity index (χ0v) is 9.63. The van der Waals surface area contributed by atoms with Crippen molar-refractivity contribution < 1.29 is 31.1 Å². The van der Waals surface area contributed by atoms with Crippen molar-refractivity contribution >= 4 is 17.3 Å². The van der Waals surface area contributed by atoms with Gasteiger partial charge in [0, 0.05) is 5.56 Å². The van der Waals surface area contributed by atoms with Gasteiger partial charge in [-0.1, -0.05) is 0 Å². The fourth-order valence-corrected chi connectivity index (χ4v) is 1.31. The predicted molar refractivity (Wildman–Crippen MR) is 55.2 cm³/mol. The summed E-state index contributed by atoms with van der Waals surface area (Å²) in [6.07, 6.45) is -9.78. The molecule has 0 amide bonds. The Bertz CT molecular complexity index is 430. The van der Waals surface area contributed by atoms with Gasteiger partial charge < -0.3 is 4.74 Å². The van der Waals surface area contributed by atoms with Gasteiger partial charge in [0.25, 0.3) is 0 Å². The maximum atomic E-state index is 12.5. The predicted octanol–water partition coefficient (Wildman–Crippen LogP) is 4.05. The van der Waals surface area contributed by atoms with Crippen molar-refractivity contribution in [1.82, 2.24) is 0 Å². The van der Waals surface area contributed by atoms with Crippen LogP contribution >= 0.6 is 12.2 Å². The lowest BCUT2D eigenvalue weighted by molar-refractivity contribution is -0.143. The molecule has 0 aliphatic carbocycles. The van der Waals surface area contributed by atoms with E-state index in [0.29, 0.717) is 12.1 Å². The van der Waals surface area contributed by atoms with Gasteiger partial charge in [-0.2, -0.15) is 26.3 Å². The Morgan fingerprint density at radius 2 is 1.33 bits per heavy atom. The van der Waals surface area contributed by atoms with Crippen LogP contribution in [0, 0.1) is 0 Å². The Kier molecular flexibility index (Phi) is 3.89. The molecule has 18 heavy (non-hydrogen) atoms. The molecular formula is C10H6F6OS. The molecule has 1 aromatic carbocycles. The molecule has 0 aromatic heterocycles. The summed E-state index contributed by atoms with van der Waals surface area (Å²) in [6.45, 7) is 0. The van der Waals surface area contributed by atoms with Crippen LogP contribution in [0.1, 0.15) is 16.7 Å². The normalized spacial score (nSPS) is 12.4. The van der Waals surface area contributed by atoms with E-state index in [-0.39, 0.29) is 6.07 Å². The molecule has 0 aliphatic rings. The van der Waals surface area contributed by atoms with Gasteiger partial charge in [0.15, 0.2) is 5.05 Å². The molecule has 0 N–H and O–H groups in total. The third kappa shape index (κ3) is 3.34. The molecule has 8 heteroatoms. The van der Waals surface area contributed by atoms with Gasteiger partial charge in [-0.3, -0.25) is 0 Å². The van der Waals surface area contributed by atoms with Crippen LogP contribution < -0.4 is 0 Å². The van der Waals surface area contributed by atoms with E-state index in [2.05, 4.69) is 17.0 Å². The van der Waals surface area contributed by atoms with Crippen molar-refractivity contribution in [2.45, 2.75) is 12.4 Å². The highest BCUT2D eigenvalue weighted by Gasteiger charge is 2.37. The first kappa shape index (κ1) is 14.7. The van der Waals surface area contributed by atoms with Gasteiger partial charge in [0.2, 0.25) is 0 Å². The Balaban J connectivity index is 3.44. The number of benzene rings is 1. The molecule has 1 aromatic rings. The third-order valence-corrected chi connectivity index (χ3v) is 2.41. The second-order valence-electron chi connectivity index (χ2n) is 3.29. The Hall–Kier alpha value is -1.31. The van der Waals surface area contributed by atoms with Crippen molar-refractivity contribution in [2.24, 2.45) is 0 Å². The maximum absolute atomic E-state index is 12.5. The molecule has 0 bridgehead atoms. The molecule has 0 radical (unpaired) electrons. The Morgan fingerprint density at radius 3 is 1.61 bits per heavy atom. The first-order valence-corrected chi connectivity index (χ1v) is 4.84. The average molecular weight is 288 g/mol. The smallest absolute Gasteiger partial charge is 0.416 e. The average Bonchev–Trinajstić information content (AvgIpc) is 2.25. The van der Waals surface area contributed by atoms with Gasteiger partial charge in [-0.25, -0.2) is 0 Å². The molecule has 0 fully saturated rings. The first-order valence-electron chi connectivity index (χ1n) is 4.43. The minimum absolute atomic E-state index is 0.0295. The zero-order chi connectivity index (χ0) is 14.1. The van der Waals surface area contributed by atoms with Gasteiger partial charge in [0.05, 0.1) is 18.2 Å². The number of thiocarbonyl (C=S) groups is 1. The van der Waals surface area contributed by atoms with Gasteiger partial charge in [-0.05, 0) is 30.4 Å². The van der Waals surface area contributed by atoms with Crippen LogP contribution in [0.2, 0.25) is 0 Å². The van der Waals surface area contributed by atoms with E-state index in [4.69, 9.17) is 0 Å². The van der Waals surface area contributed by atoms with Crippen LogP contribution in [0.15, 0.2) is 18.2 Å². The van der Waals surface area contributed by atoms with Crippen LogP contribution in [-0.4, -0.2) is 12.2 Å². The molecule has 0 aliphatic heterocycles. The van der Waals surface area contributed by atoms with Crippen LogP contribution in [0.25, 0.3) is 0 Å². The summed E-state index contributed by atoms with van der Waals surface area (Å²) in [5.41, 5.74) is -3.28. The van der Waals surface area contributed by atoms with Crippen LogP contribution in [0.4, 0.5) is 26.3 Å². The molecule has 0 unspecified atom stereocenters. The summed E-state index contributed by atoms with van der Waals surface area (Å²) in [6, 6.07) is 1.06. The minimum atomic E-state index is -4.89. The van der Waals surface area contributed by atoms with Crippen LogP contribution in [0.3, 0.4) is 0 Å². The van der Waals surface area contributed by atoms with Gasteiger partial charge >= 0.3 is 12.4 Å². The summed E-state index contributed by atoms with van der Waals surface area (Å²) >= 11 is 4.53. The van der Waals surface area contributed by atoms with Crippen molar-refractivity contribution in [2.75, 3.05) is 7.11 Å². The van der Waals surface area contributed by atoms with E-state index in [9.17, 15) is 26.3 Å². The number of hydrogen-bond donors (Lipinski definition) is 0. The molecule has 0 spiro atoms. The second kappa shape index (κ2) is 4.75. The Morgan fingerprint density at radius 1 is 0.944 bits per heavy atom. The van der Waals surface area contributed by atoms with E-state index >= 15 is 0 Å². The molecule has 0 saturated heterocycles. The molecule has 100 valence electrons. The molecule has 0 atom stereocenters. The number of alkyl halides is 6. The topological polar surface area (TPSA) is 9.23 Å². The van der Waals surface area contributed by atoms with E-state index in [0.717, 1.165) is 7.11 Å². The summed E-state index contributed by atoms with van der Waals surface area (Å²) in [5, 5.41) is -0.438. The quantitative estimate of drug-likeness (QED) is 0.569. The largest absolute Gasteiger partial charge is 0.486 e. The lowest BCUT2D eigenvalue weighted by Crippen LogP contribution is -2.13. The molecule has 1 nitrogen and oxygen atoms in total. The first-order chi connectivity index (χ1) is 8.05. The molecular weight excluding hydrogens is 282 g/mol. The Labute approximate surface area is 103 Å². The highest BCUT2D eigenvalue weighted by molar-refractivity contribution is 7.80. The van der Waals surface area contributed by atoms with Crippen molar-refractivity contribution in [3.63, 3.8) is 0 Å². The number of rotatable bonds is 1. The van der Waals surface area contributed by atoms with Crippen LogP contribution in [0.5, 0.6) is 0 Å². The highest BCUT2D eigenvalue weighted by Crippen LogP contribution is 2.36. The summed E-state index contributed by atoms with van der Waals surface area (Å²) in [7, 11) is 1.07. The lowest BCUT2D eigenvalue weighted by atomic mass is 10.1. The third-order valence-electron chi connectivity index (χ3n) is 2.01. The highest BCUT2D eigenvalue weighted by atomic mass is 32.1. The zero-order valence-electron chi connectivity index (χ0n) is 8.82. The van der Waals surface area contributed by atoms with Crippen molar-refractivity contribution in [3.05, 3.63) is 34.9 Å². The number of methoxy groups -OCH3 is 1. The fourth-order valence-electron chi connectivity index (χ4n) is 1.19. The van der Waals surface area contributed by atoms with Gasteiger partial charge in [0.1, 0.15) is 0 Å². The van der Waals surface area contributed by atoms with Gasteiger partial charge in [-0.15, -0.1) is 0 Å². The second-order valence-corrected chi connectivity index (χ2v) is 3.66.